The fourth-order valence-corrected chi connectivity index (χ4v) is 2.90. The summed E-state index contributed by atoms with van der Waals surface area (Å²) in [6, 6.07) is 13.1. The van der Waals surface area contributed by atoms with Crippen LogP contribution >= 0.6 is 23.2 Å². The Morgan fingerprint density at radius 2 is 1.50 bits per heavy atom. The van der Waals surface area contributed by atoms with Gasteiger partial charge in [0.05, 0.1) is 5.92 Å². The van der Waals surface area contributed by atoms with E-state index < -0.39 is 17.7 Å². The summed E-state index contributed by atoms with van der Waals surface area (Å²) in [5.74, 6) is -1.59. The topological polar surface area (TPSA) is 78.5 Å². The molecule has 2 N–H and O–H groups in total. The van der Waals surface area contributed by atoms with Crippen LogP contribution in [0.4, 0.5) is 5.69 Å². The number of hydrogen-bond donors (Lipinski definition) is 2. The Bertz CT molecular complexity index is 838. The molecule has 0 saturated carbocycles. The quantitative estimate of drug-likeness (QED) is 0.789. The van der Waals surface area contributed by atoms with Gasteiger partial charge in [-0.05, 0) is 48.5 Å². The summed E-state index contributed by atoms with van der Waals surface area (Å²) in [4.78, 5) is 38.0. The van der Waals surface area contributed by atoms with E-state index in [-0.39, 0.29) is 18.9 Å². The number of carbonyl (C=O) groups is 3. The Balaban J connectivity index is 1.57. The van der Waals surface area contributed by atoms with Gasteiger partial charge in [-0.15, -0.1) is 0 Å². The second-order valence-electron chi connectivity index (χ2n) is 5.83. The third kappa shape index (κ3) is 4.15. The van der Waals surface area contributed by atoms with Gasteiger partial charge in [0.25, 0.3) is 5.91 Å². The van der Waals surface area contributed by atoms with E-state index in [0.717, 1.165) is 0 Å². The fourth-order valence-electron chi connectivity index (χ4n) is 2.65. The molecule has 26 heavy (non-hydrogen) atoms. The maximum atomic E-state index is 12.3. The lowest BCUT2D eigenvalue weighted by Crippen LogP contribution is -2.45. The highest BCUT2D eigenvalue weighted by Gasteiger charge is 2.35. The number of halogens is 2. The van der Waals surface area contributed by atoms with Crippen LogP contribution in [0.5, 0.6) is 0 Å². The third-order valence-electron chi connectivity index (χ3n) is 4.04. The van der Waals surface area contributed by atoms with Gasteiger partial charge in [-0.3, -0.25) is 25.2 Å². The van der Waals surface area contributed by atoms with Crippen LogP contribution in [0.2, 0.25) is 10.0 Å². The van der Waals surface area contributed by atoms with Crippen molar-refractivity contribution in [3.8, 4) is 0 Å². The highest BCUT2D eigenvalue weighted by Crippen LogP contribution is 2.26. The summed E-state index contributed by atoms with van der Waals surface area (Å²) < 4.78 is 0. The van der Waals surface area contributed by atoms with Crippen molar-refractivity contribution in [1.29, 1.82) is 0 Å². The molecule has 2 aromatic carbocycles. The van der Waals surface area contributed by atoms with Gasteiger partial charge in [0.15, 0.2) is 0 Å². The first kappa shape index (κ1) is 18.2. The zero-order chi connectivity index (χ0) is 18.7. The first-order valence-corrected chi connectivity index (χ1v) is 8.61. The normalized spacial score (nSPS) is 16.5. The lowest BCUT2D eigenvalue weighted by atomic mass is 10.1. The molecule has 3 rings (SSSR count). The largest absolute Gasteiger partial charge is 0.312 e. The molecule has 1 aliphatic rings. The zero-order valence-electron chi connectivity index (χ0n) is 13.5. The second-order valence-corrected chi connectivity index (χ2v) is 6.70. The van der Waals surface area contributed by atoms with Crippen LogP contribution in [-0.4, -0.2) is 24.3 Å². The van der Waals surface area contributed by atoms with Gasteiger partial charge >= 0.3 is 0 Å². The predicted molar refractivity (Wildman–Crippen MR) is 99.0 cm³/mol. The van der Waals surface area contributed by atoms with Crippen LogP contribution in [0, 0.1) is 5.92 Å². The summed E-state index contributed by atoms with van der Waals surface area (Å²) in [6.45, 7) is 0.239. The zero-order valence-corrected chi connectivity index (χ0v) is 15.1. The smallest absolute Gasteiger partial charge is 0.269 e. The standard InChI is InChI=1S/C18H15Cl2N3O3/c19-13-3-1-11(2-4-13)17(25)21-22-18(26)12-9-16(24)23(10-12)15-7-5-14(20)6-8-15/h1-8,12H,9-10H2,(H,21,25)(H,22,26). The highest BCUT2D eigenvalue weighted by molar-refractivity contribution is 6.31. The number of benzene rings is 2. The molecule has 3 amide bonds. The molecule has 134 valence electrons. The maximum absolute atomic E-state index is 12.3. The lowest BCUT2D eigenvalue weighted by Gasteiger charge is -2.17. The molecule has 0 bridgehead atoms. The molecular weight excluding hydrogens is 377 g/mol. The molecule has 1 heterocycles. The molecule has 8 heteroatoms. The van der Waals surface area contributed by atoms with Crippen molar-refractivity contribution in [1.82, 2.24) is 10.9 Å². The van der Waals surface area contributed by atoms with E-state index in [0.29, 0.717) is 21.3 Å². The summed E-state index contributed by atoms with van der Waals surface area (Å²) in [5, 5.41) is 1.08. The summed E-state index contributed by atoms with van der Waals surface area (Å²) in [5.41, 5.74) is 5.75. The average molecular weight is 392 g/mol. The van der Waals surface area contributed by atoms with Crippen LogP contribution in [0.25, 0.3) is 0 Å². The van der Waals surface area contributed by atoms with Crippen molar-refractivity contribution in [3.05, 3.63) is 64.1 Å². The maximum Gasteiger partial charge on any atom is 0.269 e. The van der Waals surface area contributed by atoms with Gasteiger partial charge in [0.2, 0.25) is 11.8 Å². The minimum absolute atomic E-state index is 0.0747. The van der Waals surface area contributed by atoms with Crippen LogP contribution < -0.4 is 15.8 Å². The monoisotopic (exact) mass is 391 g/mol. The van der Waals surface area contributed by atoms with Gasteiger partial charge in [-0.25, -0.2) is 0 Å². The summed E-state index contributed by atoms with van der Waals surface area (Å²) in [7, 11) is 0. The molecule has 1 atom stereocenters. The molecule has 1 saturated heterocycles. The van der Waals surface area contributed by atoms with Crippen molar-refractivity contribution in [3.63, 3.8) is 0 Å². The van der Waals surface area contributed by atoms with Crippen LogP contribution in [0.1, 0.15) is 16.8 Å². The van der Waals surface area contributed by atoms with Crippen molar-refractivity contribution >= 4 is 46.6 Å². The Labute approximate surface area is 160 Å². The molecular formula is C18H15Cl2N3O3. The van der Waals surface area contributed by atoms with Gasteiger partial charge in [0.1, 0.15) is 0 Å². The van der Waals surface area contributed by atoms with Crippen LogP contribution in [0.3, 0.4) is 0 Å². The number of carbonyl (C=O) groups excluding carboxylic acids is 3. The SMILES string of the molecule is O=C(NNC(=O)C1CC(=O)N(c2ccc(Cl)cc2)C1)c1ccc(Cl)cc1. The molecule has 1 fully saturated rings. The lowest BCUT2D eigenvalue weighted by molar-refractivity contribution is -0.126. The first-order valence-electron chi connectivity index (χ1n) is 7.86. The van der Waals surface area contributed by atoms with E-state index in [4.69, 9.17) is 23.2 Å². The van der Waals surface area contributed by atoms with E-state index in [1.54, 1.807) is 48.5 Å². The van der Waals surface area contributed by atoms with E-state index >= 15 is 0 Å². The van der Waals surface area contributed by atoms with Gasteiger partial charge in [0, 0.05) is 34.3 Å². The number of nitrogens with one attached hydrogen (secondary N) is 2. The van der Waals surface area contributed by atoms with E-state index in [1.165, 1.54) is 4.90 Å². The number of hydrazine groups is 1. The minimum atomic E-state index is -0.552. The predicted octanol–water partition coefficient (Wildman–Crippen LogP) is 2.81. The molecule has 0 spiro atoms. The highest BCUT2D eigenvalue weighted by atomic mass is 35.5. The van der Waals surface area contributed by atoms with Gasteiger partial charge < -0.3 is 4.90 Å². The van der Waals surface area contributed by atoms with Crippen LogP contribution in [-0.2, 0) is 9.59 Å². The molecule has 0 radical (unpaired) electrons. The van der Waals surface area contributed by atoms with Gasteiger partial charge in [-0.1, -0.05) is 23.2 Å². The number of amides is 3. The molecule has 0 aliphatic carbocycles. The summed E-state index contributed by atoms with van der Waals surface area (Å²) in [6.07, 6.45) is 0.0747. The van der Waals surface area contributed by atoms with Crippen molar-refractivity contribution in [2.24, 2.45) is 5.92 Å². The van der Waals surface area contributed by atoms with E-state index in [9.17, 15) is 14.4 Å². The molecule has 1 aliphatic heterocycles. The molecule has 0 aromatic heterocycles. The minimum Gasteiger partial charge on any atom is -0.312 e. The number of hydrogen-bond acceptors (Lipinski definition) is 3. The summed E-state index contributed by atoms with van der Waals surface area (Å²) >= 11 is 11.6. The second kappa shape index (κ2) is 7.76. The molecule has 2 aromatic rings. The van der Waals surface area contributed by atoms with E-state index in [1.807, 2.05) is 0 Å². The Kier molecular flexibility index (Phi) is 5.44. The third-order valence-corrected chi connectivity index (χ3v) is 4.54. The van der Waals surface area contributed by atoms with E-state index in [2.05, 4.69) is 10.9 Å². The van der Waals surface area contributed by atoms with Crippen molar-refractivity contribution in [2.45, 2.75) is 6.42 Å². The van der Waals surface area contributed by atoms with Gasteiger partial charge in [-0.2, -0.15) is 0 Å². The van der Waals surface area contributed by atoms with Crippen molar-refractivity contribution < 1.29 is 14.4 Å². The Hall–Kier alpha value is -2.57. The number of anilines is 1. The number of nitrogens with zero attached hydrogens (tertiary/aromatic N) is 1. The fraction of sp³-hybridized carbons (Fsp3) is 0.167. The number of rotatable bonds is 3. The average Bonchev–Trinajstić information content (AvgIpc) is 3.02. The first-order chi connectivity index (χ1) is 12.4. The Morgan fingerprint density at radius 3 is 2.12 bits per heavy atom. The van der Waals surface area contributed by atoms with Crippen molar-refractivity contribution in [2.75, 3.05) is 11.4 Å². The molecule has 1 unspecified atom stereocenters. The van der Waals surface area contributed by atoms with Crippen LogP contribution in [0.15, 0.2) is 48.5 Å². The Morgan fingerprint density at radius 1 is 0.923 bits per heavy atom. The molecule has 6 nitrogen and oxygen atoms in total.